The van der Waals surface area contributed by atoms with E-state index in [-0.39, 0.29) is 17.6 Å². The highest BCUT2D eigenvalue weighted by Crippen LogP contribution is 2.46. The lowest BCUT2D eigenvalue weighted by molar-refractivity contribution is 0.0977. The van der Waals surface area contributed by atoms with Gasteiger partial charge in [-0.05, 0) is 30.3 Å². The van der Waals surface area contributed by atoms with Gasteiger partial charge in [-0.3, -0.25) is 9.69 Å². The van der Waals surface area contributed by atoms with Crippen molar-refractivity contribution in [1.29, 1.82) is 0 Å². The van der Waals surface area contributed by atoms with Crippen LogP contribution in [-0.2, 0) is 5.54 Å². The molecule has 7 heteroatoms. The van der Waals surface area contributed by atoms with Gasteiger partial charge in [0, 0.05) is 48.1 Å². The lowest BCUT2D eigenvalue weighted by atomic mass is 9.81. The molecule has 2 aromatic carbocycles. The average Bonchev–Trinajstić information content (AvgIpc) is 3.09. The first-order valence-electron chi connectivity index (χ1n) is 9.49. The zero-order valence-electron chi connectivity index (χ0n) is 16.0. The molecule has 0 radical (unpaired) electrons. The van der Waals surface area contributed by atoms with Crippen molar-refractivity contribution in [2.75, 3.05) is 31.1 Å². The maximum absolute atomic E-state index is 14.9. The van der Waals surface area contributed by atoms with Gasteiger partial charge < -0.3 is 11.1 Å². The van der Waals surface area contributed by atoms with Crippen molar-refractivity contribution in [3.63, 3.8) is 0 Å². The molecule has 1 fully saturated rings. The standard InChI is InChI=1S/C22H23FN4OS/c1-2-10-27-12-16-13-29-21(25-20(28)15-6-4-3-5-7-15)26-22(16,14-27)18-11-17(24)8-9-19(18)23/h2-9,11,16H,1,10,12-14,24H2,(H,25,26,28)/t16-,22-/m0/s1. The number of nitrogens with zero attached hydrogens (tertiary/aromatic N) is 2. The maximum atomic E-state index is 14.9. The van der Waals surface area contributed by atoms with Gasteiger partial charge in [-0.1, -0.05) is 36.0 Å². The summed E-state index contributed by atoms with van der Waals surface area (Å²) in [4.78, 5) is 19.7. The van der Waals surface area contributed by atoms with Crippen molar-refractivity contribution in [3.8, 4) is 0 Å². The molecule has 2 aliphatic rings. The van der Waals surface area contributed by atoms with Crippen LogP contribution >= 0.6 is 11.8 Å². The van der Waals surface area contributed by atoms with E-state index in [1.54, 1.807) is 24.3 Å². The van der Waals surface area contributed by atoms with Crippen molar-refractivity contribution in [2.24, 2.45) is 10.9 Å². The van der Waals surface area contributed by atoms with Gasteiger partial charge in [0.15, 0.2) is 5.17 Å². The number of rotatable bonds is 4. The fraction of sp³-hybridized carbons (Fsp3) is 0.273. The van der Waals surface area contributed by atoms with E-state index < -0.39 is 5.54 Å². The number of anilines is 1. The molecular formula is C22H23FN4OS. The van der Waals surface area contributed by atoms with Crippen LogP contribution in [0.15, 0.2) is 66.2 Å². The van der Waals surface area contributed by atoms with Crippen LogP contribution < -0.4 is 11.1 Å². The summed E-state index contributed by atoms with van der Waals surface area (Å²) in [6.45, 7) is 5.86. The monoisotopic (exact) mass is 410 g/mol. The number of likely N-dealkylation sites (tertiary alicyclic amines) is 1. The first-order chi connectivity index (χ1) is 14.0. The Kier molecular flexibility index (Phi) is 5.43. The molecule has 0 aromatic heterocycles. The molecular weight excluding hydrogens is 387 g/mol. The predicted octanol–water partition coefficient (Wildman–Crippen LogP) is 3.25. The number of amidine groups is 1. The van der Waals surface area contributed by atoms with Crippen LogP contribution in [0, 0.1) is 11.7 Å². The summed E-state index contributed by atoms with van der Waals surface area (Å²) in [5, 5.41) is 3.42. The van der Waals surface area contributed by atoms with Gasteiger partial charge in [0.2, 0.25) is 0 Å². The number of fused-ring (bicyclic) bond motifs is 1. The third-order valence-electron chi connectivity index (χ3n) is 5.44. The van der Waals surface area contributed by atoms with Crippen molar-refractivity contribution >= 4 is 28.5 Å². The number of nitrogen functional groups attached to an aromatic ring is 1. The fourth-order valence-corrected chi connectivity index (χ4v) is 5.22. The van der Waals surface area contributed by atoms with Crippen LogP contribution in [0.2, 0.25) is 0 Å². The van der Waals surface area contributed by atoms with Crippen LogP contribution in [0.1, 0.15) is 15.9 Å². The van der Waals surface area contributed by atoms with Gasteiger partial charge in [0.05, 0.1) is 0 Å². The number of aliphatic imine (C=N–C) groups is 1. The molecule has 1 amide bonds. The highest BCUT2D eigenvalue weighted by atomic mass is 32.2. The Morgan fingerprint density at radius 2 is 2.17 bits per heavy atom. The summed E-state index contributed by atoms with van der Waals surface area (Å²) >= 11 is 1.50. The quantitative estimate of drug-likeness (QED) is 0.600. The second kappa shape index (κ2) is 8.00. The van der Waals surface area contributed by atoms with Gasteiger partial charge in [0.25, 0.3) is 5.91 Å². The molecule has 3 N–H and O–H groups in total. The second-order valence-electron chi connectivity index (χ2n) is 7.39. The molecule has 29 heavy (non-hydrogen) atoms. The van der Waals surface area contributed by atoms with Gasteiger partial charge in [-0.25, -0.2) is 9.38 Å². The number of halogens is 1. The van der Waals surface area contributed by atoms with Crippen molar-refractivity contribution in [2.45, 2.75) is 5.54 Å². The summed E-state index contributed by atoms with van der Waals surface area (Å²) in [7, 11) is 0. The van der Waals surface area contributed by atoms with Gasteiger partial charge >= 0.3 is 0 Å². The second-order valence-corrected chi connectivity index (χ2v) is 8.40. The fourth-order valence-electron chi connectivity index (χ4n) is 4.09. The van der Waals surface area contributed by atoms with Crippen LogP contribution in [0.5, 0.6) is 0 Å². The molecule has 4 rings (SSSR count). The van der Waals surface area contributed by atoms with Crippen molar-refractivity contribution in [3.05, 3.63) is 78.1 Å². The van der Waals surface area contributed by atoms with Gasteiger partial charge in [-0.2, -0.15) is 0 Å². The lowest BCUT2D eigenvalue weighted by Crippen LogP contribution is -2.43. The third kappa shape index (κ3) is 3.80. The molecule has 0 spiro atoms. The summed E-state index contributed by atoms with van der Waals surface area (Å²) < 4.78 is 14.9. The van der Waals surface area contributed by atoms with E-state index in [1.165, 1.54) is 17.8 Å². The molecule has 150 valence electrons. The Morgan fingerprint density at radius 3 is 2.93 bits per heavy atom. The number of carbonyl (C=O) groups excluding carboxylic acids is 1. The number of benzene rings is 2. The minimum atomic E-state index is -0.785. The molecule has 1 saturated heterocycles. The first kappa shape index (κ1) is 19.7. The van der Waals surface area contributed by atoms with Gasteiger partial charge in [-0.15, -0.1) is 6.58 Å². The van der Waals surface area contributed by atoms with E-state index in [0.717, 1.165) is 12.3 Å². The van der Waals surface area contributed by atoms with E-state index in [0.29, 0.717) is 35.1 Å². The van der Waals surface area contributed by atoms with E-state index in [4.69, 9.17) is 10.7 Å². The SMILES string of the molecule is C=CCN1C[C@H]2CSC(NC(=O)c3ccccc3)=N[C@@]2(c2cc(N)ccc2F)C1. The third-order valence-corrected chi connectivity index (χ3v) is 6.48. The number of carbonyl (C=O) groups is 1. The van der Waals surface area contributed by atoms with Crippen LogP contribution in [0.4, 0.5) is 10.1 Å². The Bertz CT molecular complexity index is 965. The summed E-state index contributed by atoms with van der Waals surface area (Å²) in [6, 6.07) is 13.6. The van der Waals surface area contributed by atoms with Crippen LogP contribution in [0.3, 0.4) is 0 Å². The lowest BCUT2D eigenvalue weighted by Gasteiger charge is -2.36. The highest BCUT2D eigenvalue weighted by molar-refractivity contribution is 8.13. The molecule has 0 aliphatic carbocycles. The topological polar surface area (TPSA) is 70.7 Å². The Morgan fingerprint density at radius 1 is 1.38 bits per heavy atom. The summed E-state index contributed by atoms with van der Waals surface area (Å²) in [6.07, 6.45) is 1.84. The number of nitrogens with two attached hydrogens (primary N) is 1. The first-order valence-corrected chi connectivity index (χ1v) is 10.5. The molecule has 2 heterocycles. The number of hydrogen-bond acceptors (Lipinski definition) is 5. The normalized spacial score (nSPS) is 23.9. The smallest absolute Gasteiger partial charge is 0.257 e. The Balaban J connectivity index is 1.72. The number of nitrogens with one attached hydrogen (secondary N) is 1. The van der Waals surface area contributed by atoms with Crippen LogP contribution in [-0.4, -0.2) is 41.4 Å². The maximum Gasteiger partial charge on any atom is 0.257 e. The zero-order valence-corrected chi connectivity index (χ0v) is 16.8. The molecule has 5 nitrogen and oxygen atoms in total. The van der Waals surface area contributed by atoms with E-state index in [9.17, 15) is 9.18 Å². The largest absolute Gasteiger partial charge is 0.399 e. The highest BCUT2D eigenvalue weighted by Gasteiger charge is 2.51. The summed E-state index contributed by atoms with van der Waals surface area (Å²) in [5.41, 5.74) is 6.74. The van der Waals surface area contributed by atoms with Gasteiger partial charge in [0.1, 0.15) is 11.4 Å². The Hall–Kier alpha value is -2.64. The summed E-state index contributed by atoms with van der Waals surface area (Å²) in [5.74, 6) is 0.296. The van der Waals surface area contributed by atoms with Crippen molar-refractivity contribution in [1.82, 2.24) is 10.2 Å². The zero-order chi connectivity index (χ0) is 20.4. The molecule has 2 atom stereocenters. The van der Waals surface area contributed by atoms with E-state index in [2.05, 4.69) is 16.8 Å². The van der Waals surface area contributed by atoms with Crippen molar-refractivity contribution < 1.29 is 9.18 Å². The average molecular weight is 411 g/mol. The van der Waals surface area contributed by atoms with E-state index in [1.807, 2.05) is 24.3 Å². The number of amides is 1. The Labute approximate surface area is 173 Å². The molecule has 2 aliphatic heterocycles. The molecule has 0 unspecified atom stereocenters. The van der Waals surface area contributed by atoms with E-state index >= 15 is 0 Å². The van der Waals surface area contributed by atoms with Crippen LogP contribution in [0.25, 0.3) is 0 Å². The predicted molar refractivity (Wildman–Crippen MR) is 116 cm³/mol. The minimum Gasteiger partial charge on any atom is -0.399 e. The minimum absolute atomic E-state index is 0.112. The molecule has 0 saturated carbocycles. The molecule has 2 aromatic rings. The number of hydrogen-bond donors (Lipinski definition) is 2. The molecule has 0 bridgehead atoms. The number of thioether (sulfide) groups is 1.